The summed E-state index contributed by atoms with van der Waals surface area (Å²) in [5.74, 6) is -0.328. The van der Waals surface area contributed by atoms with Crippen molar-refractivity contribution in [2.24, 2.45) is 5.92 Å². The Morgan fingerprint density at radius 1 is 1.07 bits per heavy atom. The van der Waals surface area contributed by atoms with Gasteiger partial charge in [0.05, 0.1) is 12.6 Å². The van der Waals surface area contributed by atoms with Gasteiger partial charge in [0.1, 0.15) is 11.6 Å². The van der Waals surface area contributed by atoms with E-state index in [-0.39, 0.29) is 30.6 Å². The summed E-state index contributed by atoms with van der Waals surface area (Å²) < 4.78 is 29.3. The first-order valence-electron chi connectivity index (χ1n) is 9.25. The molecule has 1 aliphatic heterocycles. The first-order valence-corrected chi connectivity index (χ1v) is 9.25. The number of likely N-dealkylation sites (tertiary alicyclic amines) is 1. The Morgan fingerprint density at radius 2 is 1.67 bits per heavy atom. The van der Waals surface area contributed by atoms with Crippen LogP contribution < -0.4 is 0 Å². The number of aliphatic hydroxyl groups is 1. The molecule has 1 aromatic heterocycles. The van der Waals surface area contributed by atoms with E-state index in [4.69, 9.17) is 0 Å². The lowest BCUT2D eigenvalue weighted by atomic mass is 9.98. The maximum Gasteiger partial charge on any atom is 0.222 e. The molecule has 142 valence electrons. The van der Waals surface area contributed by atoms with Crippen molar-refractivity contribution in [3.8, 4) is 0 Å². The van der Waals surface area contributed by atoms with Crippen LogP contribution in [-0.2, 0) is 11.3 Å². The number of β-amino-alcohol motifs (C(OH)–C–C–N with tert-alkyl or cyclic N) is 1. The summed E-state index contributed by atoms with van der Waals surface area (Å²) in [4.78, 5) is 13.9. The van der Waals surface area contributed by atoms with E-state index in [1.54, 1.807) is 17.0 Å². The molecule has 0 bridgehead atoms. The summed E-state index contributed by atoms with van der Waals surface area (Å²) in [5, 5.41) is 11.8. The quantitative estimate of drug-likeness (QED) is 0.759. The molecule has 0 radical (unpaired) electrons. The summed E-state index contributed by atoms with van der Waals surface area (Å²) >= 11 is 0. The minimum Gasteiger partial charge on any atom is -0.389 e. The molecule has 1 N–H and O–H groups in total. The van der Waals surface area contributed by atoms with Crippen LogP contribution in [0.4, 0.5) is 8.78 Å². The molecule has 6 heteroatoms. The number of amides is 1. The molecular formula is C21H22F2N2O2. The predicted octanol–water partition coefficient (Wildman–Crippen LogP) is 3.69. The van der Waals surface area contributed by atoms with Crippen molar-refractivity contribution in [1.29, 1.82) is 0 Å². The predicted molar refractivity (Wildman–Crippen MR) is 100 cm³/mol. The summed E-state index contributed by atoms with van der Waals surface area (Å²) in [7, 11) is 0. The number of carbonyl (C=O) groups excluding carboxylic acids is 1. The number of piperidine rings is 1. The highest BCUT2D eigenvalue weighted by Gasteiger charge is 2.25. The van der Waals surface area contributed by atoms with Gasteiger partial charge in [0.2, 0.25) is 5.91 Å². The summed E-state index contributed by atoms with van der Waals surface area (Å²) in [6, 6.07) is 8.77. The van der Waals surface area contributed by atoms with Crippen LogP contribution in [0.25, 0.3) is 21.8 Å². The number of nitrogens with zero attached hydrogens (tertiary/aromatic N) is 2. The van der Waals surface area contributed by atoms with Crippen molar-refractivity contribution >= 4 is 27.7 Å². The minimum atomic E-state index is -0.767. The highest BCUT2D eigenvalue weighted by Crippen LogP contribution is 2.30. The monoisotopic (exact) mass is 372 g/mol. The van der Waals surface area contributed by atoms with Gasteiger partial charge in [-0.2, -0.15) is 0 Å². The van der Waals surface area contributed by atoms with Crippen LogP contribution >= 0.6 is 0 Å². The number of aliphatic hydroxyl groups excluding tert-OH is 1. The fourth-order valence-electron chi connectivity index (χ4n) is 3.99. The third-order valence-electron chi connectivity index (χ3n) is 5.38. The van der Waals surface area contributed by atoms with Crippen LogP contribution in [0.2, 0.25) is 0 Å². The first kappa shape index (κ1) is 17.9. The van der Waals surface area contributed by atoms with Crippen molar-refractivity contribution in [1.82, 2.24) is 9.47 Å². The van der Waals surface area contributed by atoms with Gasteiger partial charge in [-0.1, -0.05) is 6.92 Å². The van der Waals surface area contributed by atoms with Gasteiger partial charge in [-0.15, -0.1) is 0 Å². The zero-order valence-electron chi connectivity index (χ0n) is 15.2. The Bertz CT molecular complexity index is 955. The summed E-state index contributed by atoms with van der Waals surface area (Å²) in [6.45, 7) is 3.22. The SMILES string of the molecule is CC1CCN(CC(O)Cn2c3ccc(F)cc3c3cc(F)ccc32)C(=O)C1. The van der Waals surface area contributed by atoms with Crippen LogP contribution in [0.3, 0.4) is 0 Å². The number of hydrogen-bond acceptors (Lipinski definition) is 2. The number of hydrogen-bond donors (Lipinski definition) is 1. The lowest BCUT2D eigenvalue weighted by molar-refractivity contribution is -0.136. The molecule has 1 fully saturated rings. The maximum absolute atomic E-state index is 13.7. The van der Waals surface area contributed by atoms with E-state index in [0.29, 0.717) is 29.7 Å². The zero-order valence-corrected chi connectivity index (χ0v) is 15.2. The molecule has 1 aliphatic rings. The topological polar surface area (TPSA) is 45.5 Å². The van der Waals surface area contributed by atoms with Gasteiger partial charge >= 0.3 is 0 Å². The van der Waals surface area contributed by atoms with Crippen LogP contribution in [0.5, 0.6) is 0 Å². The largest absolute Gasteiger partial charge is 0.389 e. The molecule has 2 aromatic carbocycles. The molecule has 0 saturated carbocycles. The molecule has 3 aromatic rings. The Balaban J connectivity index is 1.65. The van der Waals surface area contributed by atoms with Crippen LogP contribution in [-0.4, -0.2) is 39.7 Å². The second-order valence-electron chi connectivity index (χ2n) is 7.53. The maximum atomic E-state index is 13.7. The molecule has 2 heterocycles. The fraction of sp³-hybridized carbons (Fsp3) is 0.381. The molecule has 4 nitrogen and oxygen atoms in total. The average molecular weight is 372 g/mol. The third-order valence-corrected chi connectivity index (χ3v) is 5.38. The van der Waals surface area contributed by atoms with Gasteiger partial charge in [0.15, 0.2) is 0 Å². The van der Waals surface area contributed by atoms with Crippen molar-refractivity contribution in [2.45, 2.75) is 32.4 Å². The Morgan fingerprint density at radius 3 is 2.22 bits per heavy atom. The van der Waals surface area contributed by atoms with E-state index in [2.05, 4.69) is 6.92 Å². The molecule has 2 atom stereocenters. The fourth-order valence-corrected chi connectivity index (χ4v) is 3.99. The van der Waals surface area contributed by atoms with Gasteiger partial charge in [-0.3, -0.25) is 4.79 Å². The Hall–Kier alpha value is -2.47. The average Bonchev–Trinajstić information content (AvgIpc) is 2.90. The molecule has 1 saturated heterocycles. The van der Waals surface area contributed by atoms with E-state index in [1.165, 1.54) is 24.3 Å². The molecule has 27 heavy (non-hydrogen) atoms. The summed E-state index contributed by atoms with van der Waals surface area (Å²) in [5.41, 5.74) is 1.46. The van der Waals surface area contributed by atoms with Crippen molar-refractivity contribution in [3.63, 3.8) is 0 Å². The number of halogens is 2. The normalized spacial score (nSPS) is 19.2. The minimum absolute atomic E-state index is 0.0687. The highest BCUT2D eigenvalue weighted by molar-refractivity contribution is 6.08. The Labute approximate surface area is 156 Å². The summed E-state index contributed by atoms with van der Waals surface area (Å²) in [6.07, 6.45) is 0.684. The number of rotatable bonds is 4. The van der Waals surface area contributed by atoms with Gasteiger partial charge < -0.3 is 14.6 Å². The number of carbonyl (C=O) groups is 1. The lowest BCUT2D eigenvalue weighted by Gasteiger charge is -2.31. The molecule has 1 amide bonds. The number of benzene rings is 2. The standard InChI is InChI=1S/C21H22F2N2O2/c1-13-6-7-24(21(27)8-13)11-16(26)12-25-19-4-2-14(22)9-17(19)18-10-15(23)3-5-20(18)25/h2-5,9-10,13,16,26H,6-8,11-12H2,1H3. The second kappa shape index (κ2) is 6.93. The molecule has 2 unspecified atom stereocenters. The van der Waals surface area contributed by atoms with E-state index in [0.717, 1.165) is 17.5 Å². The molecule has 0 aliphatic carbocycles. The Kier molecular flexibility index (Phi) is 4.60. The van der Waals surface area contributed by atoms with E-state index in [9.17, 15) is 18.7 Å². The van der Waals surface area contributed by atoms with E-state index < -0.39 is 6.10 Å². The number of fused-ring (bicyclic) bond motifs is 3. The van der Waals surface area contributed by atoms with Crippen LogP contribution in [0, 0.1) is 17.6 Å². The van der Waals surface area contributed by atoms with Crippen LogP contribution in [0.1, 0.15) is 19.8 Å². The van der Waals surface area contributed by atoms with Crippen LogP contribution in [0.15, 0.2) is 36.4 Å². The van der Waals surface area contributed by atoms with E-state index in [1.807, 2.05) is 4.57 Å². The molecular weight excluding hydrogens is 350 g/mol. The van der Waals surface area contributed by atoms with Gasteiger partial charge in [0.25, 0.3) is 0 Å². The van der Waals surface area contributed by atoms with Gasteiger partial charge in [-0.05, 0) is 48.7 Å². The second-order valence-corrected chi connectivity index (χ2v) is 7.53. The highest BCUT2D eigenvalue weighted by atomic mass is 19.1. The molecule has 4 rings (SSSR count). The lowest BCUT2D eigenvalue weighted by Crippen LogP contribution is -2.43. The van der Waals surface area contributed by atoms with Gasteiger partial charge in [0, 0.05) is 41.3 Å². The number of aromatic nitrogens is 1. The van der Waals surface area contributed by atoms with Crippen molar-refractivity contribution in [2.75, 3.05) is 13.1 Å². The molecule has 0 spiro atoms. The first-order chi connectivity index (χ1) is 12.9. The van der Waals surface area contributed by atoms with Crippen molar-refractivity contribution in [3.05, 3.63) is 48.0 Å². The zero-order chi connectivity index (χ0) is 19.1. The van der Waals surface area contributed by atoms with Gasteiger partial charge in [-0.25, -0.2) is 8.78 Å². The third kappa shape index (κ3) is 3.41. The smallest absolute Gasteiger partial charge is 0.222 e. The van der Waals surface area contributed by atoms with Crippen molar-refractivity contribution < 1.29 is 18.7 Å². The van der Waals surface area contributed by atoms with E-state index >= 15 is 0 Å².